The number of aliphatic hydroxyl groups is 1. The standard InChI is InChI=1S/C10H20O3/c1-3-5-6-8-13-10(12)9(11)7-4-2/h9,11H,3-8H2,1-2H3. The van der Waals surface area contributed by atoms with Gasteiger partial charge in [-0.25, -0.2) is 4.79 Å². The van der Waals surface area contributed by atoms with Crippen LogP contribution in [0.5, 0.6) is 0 Å². The van der Waals surface area contributed by atoms with Crippen molar-refractivity contribution in [2.75, 3.05) is 6.61 Å². The van der Waals surface area contributed by atoms with Crippen LogP contribution in [0.3, 0.4) is 0 Å². The second-order valence-electron chi connectivity index (χ2n) is 3.18. The Morgan fingerprint density at radius 1 is 1.31 bits per heavy atom. The highest BCUT2D eigenvalue weighted by atomic mass is 16.5. The summed E-state index contributed by atoms with van der Waals surface area (Å²) in [5.74, 6) is -0.474. The summed E-state index contributed by atoms with van der Waals surface area (Å²) in [6, 6.07) is 0. The zero-order chi connectivity index (χ0) is 10.1. The summed E-state index contributed by atoms with van der Waals surface area (Å²) >= 11 is 0. The fraction of sp³-hybridized carbons (Fsp3) is 0.900. The number of hydrogen-bond acceptors (Lipinski definition) is 3. The van der Waals surface area contributed by atoms with Crippen LogP contribution in [0.2, 0.25) is 0 Å². The van der Waals surface area contributed by atoms with Gasteiger partial charge in [0.1, 0.15) is 0 Å². The third kappa shape index (κ3) is 6.58. The number of rotatable bonds is 7. The van der Waals surface area contributed by atoms with Crippen molar-refractivity contribution >= 4 is 5.97 Å². The van der Waals surface area contributed by atoms with E-state index in [1.54, 1.807) is 0 Å². The van der Waals surface area contributed by atoms with E-state index in [2.05, 4.69) is 6.92 Å². The lowest BCUT2D eigenvalue weighted by Gasteiger charge is -2.08. The van der Waals surface area contributed by atoms with Crippen LogP contribution < -0.4 is 0 Å². The monoisotopic (exact) mass is 188 g/mol. The van der Waals surface area contributed by atoms with Crippen LogP contribution in [0, 0.1) is 0 Å². The molecule has 0 aromatic rings. The Morgan fingerprint density at radius 2 is 2.00 bits per heavy atom. The zero-order valence-corrected chi connectivity index (χ0v) is 8.58. The summed E-state index contributed by atoms with van der Waals surface area (Å²) in [5.41, 5.74) is 0. The molecule has 3 nitrogen and oxygen atoms in total. The minimum atomic E-state index is -0.924. The number of esters is 1. The van der Waals surface area contributed by atoms with Crippen LogP contribution in [0.1, 0.15) is 46.0 Å². The van der Waals surface area contributed by atoms with Crippen molar-refractivity contribution in [2.45, 2.75) is 52.1 Å². The minimum absolute atomic E-state index is 0.438. The average molecular weight is 188 g/mol. The van der Waals surface area contributed by atoms with Crippen LogP contribution in [0.25, 0.3) is 0 Å². The van der Waals surface area contributed by atoms with Crippen molar-refractivity contribution < 1.29 is 14.6 Å². The highest BCUT2D eigenvalue weighted by Gasteiger charge is 2.14. The van der Waals surface area contributed by atoms with Gasteiger partial charge in [0.25, 0.3) is 0 Å². The van der Waals surface area contributed by atoms with E-state index >= 15 is 0 Å². The van der Waals surface area contributed by atoms with Crippen molar-refractivity contribution in [2.24, 2.45) is 0 Å². The Hall–Kier alpha value is -0.570. The van der Waals surface area contributed by atoms with Gasteiger partial charge >= 0.3 is 5.97 Å². The predicted molar refractivity (Wildman–Crippen MR) is 51.4 cm³/mol. The van der Waals surface area contributed by atoms with E-state index < -0.39 is 12.1 Å². The molecule has 0 rings (SSSR count). The largest absolute Gasteiger partial charge is 0.464 e. The molecule has 78 valence electrons. The number of ether oxygens (including phenoxy) is 1. The molecule has 0 radical (unpaired) electrons. The number of hydrogen-bond donors (Lipinski definition) is 1. The van der Waals surface area contributed by atoms with E-state index in [0.717, 1.165) is 25.7 Å². The normalized spacial score (nSPS) is 12.5. The van der Waals surface area contributed by atoms with Crippen LogP contribution in [0.4, 0.5) is 0 Å². The summed E-state index contributed by atoms with van der Waals surface area (Å²) < 4.78 is 4.87. The lowest BCUT2D eigenvalue weighted by Crippen LogP contribution is -2.23. The summed E-state index contributed by atoms with van der Waals surface area (Å²) in [6.07, 6.45) is 3.43. The van der Waals surface area contributed by atoms with E-state index in [9.17, 15) is 9.90 Å². The molecule has 1 atom stereocenters. The van der Waals surface area contributed by atoms with Gasteiger partial charge in [-0.1, -0.05) is 33.1 Å². The maximum Gasteiger partial charge on any atom is 0.334 e. The molecule has 0 aliphatic rings. The molecule has 0 aliphatic carbocycles. The lowest BCUT2D eigenvalue weighted by molar-refractivity contribution is -0.154. The first-order valence-corrected chi connectivity index (χ1v) is 5.07. The molecule has 0 saturated carbocycles. The lowest BCUT2D eigenvalue weighted by atomic mass is 10.2. The molecule has 3 heteroatoms. The predicted octanol–water partition coefficient (Wildman–Crippen LogP) is 1.88. The second-order valence-corrected chi connectivity index (χ2v) is 3.18. The Kier molecular flexibility index (Phi) is 7.69. The van der Waals surface area contributed by atoms with Crippen molar-refractivity contribution in [1.29, 1.82) is 0 Å². The molecule has 13 heavy (non-hydrogen) atoms. The topological polar surface area (TPSA) is 46.5 Å². The van der Waals surface area contributed by atoms with Gasteiger partial charge < -0.3 is 9.84 Å². The SMILES string of the molecule is CCCCCOC(=O)C(O)CCC. The first-order chi connectivity index (χ1) is 6.22. The van der Waals surface area contributed by atoms with Gasteiger partial charge in [-0.05, 0) is 12.8 Å². The van der Waals surface area contributed by atoms with E-state index in [-0.39, 0.29) is 0 Å². The van der Waals surface area contributed by atoms with Crippen molar-refractivity contribution in [3.8, 4) is 0 Å². The first-order valence-electron chi connectivity index (χ1n) is 5.07. The van der Waals surface area contributed by atoms with Gasteiger partial charge in [0.05, 0.1) is 6.61 Å². The van der Waals surface area contributed by atoms with Crippen LogP contribution in [-0.4, -0.2) is 23.8 Å². The van der Waals surface area contributed by atoms with Crippen LogP contribution >= 0.6 is 0 Å². The van der Waals surface area contributed by atoms with E-state index in [0.29, 0.717) is 13.0 Å². The van der Waals surface area contributed by atoms with E-state index in [1.807, 2.05) is 6.92 Å². The molecular formula is C10H20O3. The van der Waals surface area contributed by atoms with Gasteiger partial charge in [-0.3, -0.25) is 0 Å². The quantitative estimate of drug-likeness (QED) is 0.490. The van der Waals surface area contributed by atoms with Crippen molar-refractivity contribution in [1.82, 2.24) is 0 Å². The molecule has 0 aliphatic heterocycles. The Balaban J connectivity index is 3.38. The van der Waals surface area contributed by atoms with E-state index in [4.69, 9.17) is 4.74 Å². The van der Waals surface area contributed by atoms with Gasteiger partial charge in [0, 0.05) is 0 Å². The first kappa shape index (κ1) is 12.4. The molecule has 0 aromatic heterocycles. The van der Waals surface area contributed by atoms with Crippen LogP contribution in [0.15, 0.2) is 0 Å². The van der Waals surface area contributed by atoms with Gasteiger partial charge in [0.15, 0.2) is 6.10 Å². The molecule has 0 saturated heterocycles. The number of aliphatic hydroxyl groups excluding tert-OH is 1. The third-order valence-corrected chi connectivity index (χ3v) is 1.83. The van der Waals surface area contributed by atoms with Gasteiger partial charge in [-0.2, -0.15) is 0 Å². The molecule has 0 spiro atoms. The molecule has 0 amide bonds. The highest BCUT2D eigenvalue weighted by Crippen LogP contribution is 2.00. The molecule has 0 aromatic carbocycles. The summed E-state index contributed by atoms with van der Waals surface area (Å²) in [6.45, 7) is 4.45. The number of carbonyl (C=O) groups excluding carboxylic acids is 1. The minimum Gasteiger partial charge on any atom is -0.464 e. The van der Waals surface area contributed by atoms with Gasteiger partial charge in [0.2, 0.25) is 0 Å². The summed E-state index contributed by atoms with van der Waals surface area (Å²) in [7, 11) is 0. The summed E-state index contributed by atoms with van der Waals surface area (Å²) in [4.78, 5) is 11.0. The molecule has 0 fully saturated rings. The fourth-order valence-electron chi connectivity index (χ4n) is 1.01. The molecule has 1 unspecified atom stereocenters. The molecule has 0 heterocycles. The van der Waals surface area contributed by atoms with Crippen molar-refractivity contribution in [3.05, 3.63) is 0 Å². The van der Waals surface area contributed by atoms with E-state index in [1.165, 1.54) is 0 Å². The number of unbranched alkanes of at least 4 members (excludes halogenated alkanes) is 2. The average Bonchev–Trinajstić information content (AvgIpc) is 2.12. The fourth-order valence-corrected chi connectivity index (χ4v) is 1.01. The maximum absolute atomic E-state index is 11.0. The number of carbonyl (C=O) groups is 1. The second kappa shape index (κ2) is 8.05. The Bertz CT molecular complexity index is 134. The van der Waals surface area contributed by atoms with Gasteiger partial charge in [-0.15, -0.1) is 0 Å². The zero-order valence-electron chi connectivity index (χ0n) is 8.58. The highest BCUT2D eigenvalue weighted by molar-refractivity contribution is 5.74. The Morgan fingerprint density at radius 3 is 2.54 bits per heavy atom. The molecule has 0 bridgehead atoms. The van der Waals surface area contributed by atoms with Crippen LogP contribution in [-0.2, 0) is 9.53 Å². The summed E-state index contributed by atoms with van der Waals surface area (Å²) in [5, 5.41) is 9.20. The Labute approximate surface area is 80.1 Å². The maximum atomic E-state index is 11.0. The smallest absolute Gasteiger partial charge is 0.334 e. The molecular weight excluding hydrogens is 168 g/mol. The molecule has 1 N–H and O–H groups in total. The van der Waals surface area contributed by atoms with Crippen molar-refractivity contribution in [3.63, 3.8) is 0 Å². The third-order valence-electron chi connectivity index (χ3n) is 1.83.